The summed E-state index contributed by atoms with van der Waals surface area (Å²) in [5.41, 5.74) is 0.404. The van der Waals surface area contributed by atoms with E-state index in [1.165, 1.54) is 21.9 Å². The lowest BCUT2D eigenvalue weighted by atomic mass is 10.1. The molecule has 116 valence electrons. The Hall–Kier alpha value is -1.24. The summed E-state index contributed by atoms with van der Waals surface area (Å²) in [4.78, 5) is 17.2. The summed E-state index contributed by atoms with van der Waals surface area (Å²) in [6, 6.07) is 8.46. The van der Waals surface area contributed by atoms with Crippen molar-refractivity contribution in [2.45, 2.75) is 6.54 Å². The molecule has 0 radical (unpaired) electrons. The number of carbonyl (C=O) groups excluding carboxylic acids is 1. The highest BCUT2D eigenvalue weighted by Crippen LogP contribution is 2.19. The minimum Gasteiger partial charge on any atom is -0.328 e. The summed E-state index contributed by atoms with van der Waals surface area (Å²) in [7, 11) is 0. The molecule has 3 nitrogen and oxygen atoms in total. The zero-order valence-electron chi connectivity index (χ0n) is 12.0. The molecule has 0 spiro atoms. The Kier molecular flexibility index (Phi) is 4.90. The van der Waals surface area contributed by atoms with E-state index < -0.39 is 0 Å². The predicted octanol–water partition coefficient (Wildman–Crippen LogP) is 2.19. The van der Waals surface area contributed by atoms with Crippen molar-refractivity contribution in [1.82, 2.24) is 4.90 Å². The van der Waals surface area contributed by atoms with Crippen molar-refractivity contribution in [3.63, 3.8) is 0 Å². The van der Waals surface area contributed by atoms with E-state index in [1.807, 2.05) is 4.90 Å². The van der Waals surface area contributed by atoms with Crippen LogP contribution in [0.25, 0.3) is 0 Å². The molecule has 1 N–H and O–H groups in total. The smallest absolute Gasteiger partial charge is 0.255 e. The van der Waals surface area contributed by atoms with Crippen LogP contribution in [0.5, 0.6) is 0 Å². The van der Waals surface area contributed by atoms with Crippen LogP contribution in [0, 0.1) is 5.82 Å². The maximum atomic E-state index is 13.4. The maximum absolute atomic E-state index is 13.4. The zero-order chi connectivity index (χ0) is 15.5. The lowest BCUT2D eigenvalue weighted by molar-refractivity contribution is -0.917. The number of rotatable bonds is 3. The summed E-state index contributed by atoms with van der Waals surface area (Å²) in [6.07, 6.45) is 0. The number of nitrogens with one attached hydrogen (secondary N) is 1. The molecule has 2 aromatic rings. The van der Waals surface area contributed by atoms with Crippen molar-refractivity contribution in [3.05, 3.63) is 56.4 Å². The van der Waals surface area contributed by atoms with Gasteiger partial charge in [-0.2, -0.15) is 0 Å². The Morgan fingerprint density at radius 1 is 1.32 bits per heavy atom. The van der Waals surface area contributed by atoms with Gasteiger partial charge in [-0.3, -0.25) is 4.79 Å². The van der Waals surface area contributed by atoms with Gasteiger partial charge in [-0.1, -0.05) is 6.07 Å². The zero-order valence-corrected chi connectivity index (χ0v) is 14.4. The second-order valence-electron chi connectivity index (χ2n) is 5.42. The minimum atomic E-state index is -0.381. The number of nitrogens with zero attached hydrogens (tertiary/aromatic N) is 1. The van der Waals surface area contributed by atoms with Gasteiger partial charge in [0.1, 0.15) is 12.4 Å². The van der Waals surface area contributed by atoms with E-state index in [2.05, 4.69) is 33.4 Å². The lowest BCUT2D eigenvalue weighted by Gasteiger charge is -2.32. The number of amides is 1. The molecular formula is C16H17BrFN2OS+. The third-order valence-electron chi connectivity index (χ3n) is 3.92. The standard InChI is InChI=1S/C16H16BrFN2OS/c17-15-4-3-12(18)10-14(15)16(21)20-7-5-19(6-8-20)11-13-2-1-9-22-13/h1-4,9-10H,5-8,11H2/p+1. The lowest BCUT2D eigenvalue weighted by Crippen LogP contribution is -3.13. The van der Waals surface area contributed by atoms with E-state index in [0.717, 1.165) is 19.6 Å². The predicted molar refractivity (Wildman–Crippen MR) is 88.7 cm³/mol. The van der Waals surface area contributed by atoms with Gasteiger partial charge in [0.25, 0.3) is 5.91 Å². The van der Waals surface area contributed by atoms with Crippen molar-refractivity contribution in [2.75, 3.05) is 26.2 Å². The van der Waals surface area contributed by atoms with E-state index in [9.17, 15) is 9.18 Å². The second-order valence-corrected chi connectivity index (χ2v) is 7.31. The highest BCUT2D eigenvalue weighted by atomic mass is 79.9. The number of piperazine rings is 1. The van der Waals surface area contributed by atoms with Crippen LogP contribution in [0.4, 0.5) is 4.39 Å². The summed E-state index contributed by atoms with van der Waals surface area (Å²) in [6.45, 7) is 4.29. The molecule has 1 saturated heterocycles. The summed E-state index contributed by atoms with van der Waals surface area (Å²) in [5, 5.41) is 2.09. The largest absolute Gasteiger partial charge is 0.328 e. The number of halogens is 2. The maximum Gasteiger partial charge on any atom is 0.255 e. The van der Waals surface area contributed by atoms with E-state index in [1.54, 1.807) is 17.4 Å². The molecule has 6 heteroatoms. The fourth-order valence-corrected chi connectivity index (χ4v) is 3.89. The van der Waals surface area contributed by atoms with Crippen molar-refractivity contribution < 1.29 is 14.1 Å². The van der Waals surface area contributed by atoms with Crippen LogP contribution in [0.2, 0.25) is 0 Å². The molecule has 22 heavy (non-hydrogen) atoms. The molecule has 1 aliphatic rings. The van der Waals surface area contributed by atoms with Gasteiger partial charge in [0.05, 0.1) is 36.6 Å². The van der Waals surface area contributed by atoms with Crippen LogP contribution >= 0.6 is 27.3 Å². The molecule has 0 saturated carbocycles. The van der Waals surface area contributed by atoms with Gasteiger partial charge in [-0.05, 0) is 45.6 Å². The molecule has 1 aromatic carbocycles. The van der Waals surface area contributed by atoms with Crippen molar-refractivity contribution in [2.24, 2.45) is 0 Å². The summed E-state index contributed by atoms with van der Waals surface area (Å²) >= 11 is 5.11. The van der Waals surface area contributed by atoms with Crippen LogP contribution in [0.1, 0.15) is 15.2 Å². The summed E-state index contributed by atoms with van der Waals surface area (Å²) < 4.78 is 14.0. The molecule has 1 aromatic heterocycles. The first-order valence-corrected chi connectivity index (χ1v) is 8.91. The molecule has 0 bridgehead atoms. The summed E-state index contributed by atoms with van der Waals surface area (Å²) in [5.74, 6) is -0.477. The SMILES string of the molecule is O=C(c1cc(F)ccc1Br)N1CC[NH+](Cc2cccs2)CC1. The molecular weight excluding hydrogens is 367 g/mol. The molecule has 3 rings (SSSR count). The number of quaternary nitrogens is 1. The molecule has 0 aliphatic carbocycles. The number of carbonyl (C=O) groups is 1. The van der Waals surface area contributed by atoms with E-state index >= 15 is 0 Å². The van der Waals surface area contributed by atoms with Crippen LogP contribution in [0.15, 0.2) is 40.2 Å². The Labute approximate surface area is 141 Å². The third kappa shape index (κ3) is 3.56. The molecule has 0 unspecified atom stereocenters. The first kappa shape index (κ1) is 15.6. The number of hydrogen-bond donors (Lipinski definition) is 1. The van der Waals surface area contributed by atoms with Crippen LogP contribution in [0.3, 0.4) is 0 Å². The number of thiophene rings is 1. The second kappa shape index (κ2) is 6.89. The van der Waals surface area contributed by atoms with Gasteiger partial charge in [-0.25, -0.2) is 4.39 Å². The number of benzene rings is 1. The fraction of sp³-hybridized carbons (Fsp3) is 0.312. The average Bonchev–Trinajstić information content (AvgIpc) is 3.03. The highest BCUT2D eigenvalue weighted by molar-refractivity contribution is 9.10. The van der Waals surface area contributed by atoms with Crippen LogP contribution < -0.4 is 4.90 Å². The van der Waals surface area contributed by atoms with Crippen molar-refractivity contribution in [3.8, 4) is 0 Å². The molecule has 1 aliphatic heterocycles. The Bertz CT molecular complexity index is 654. The van der Waals surface area contributed by atoms with Gasteiger partial charge in [0.15, 0.2) is 0 Å². The van der Waals surface area contributed by atoms with E-state index in [4.69, 9.17) is 0 Å². The Morgan fingerprint density at radius 3 is 2.77 bits per heavy atom. The van der Waals surface area contributed by atoms with E-state index in [-0.39, 0.29) is 11.7 Å². The van der Waals surface area contributed by atoms with Gasteiger partial charge in [0, 0.05) is 4.47 Å². The quantitative estimate of drug-likeness (QED) is 0.863. The van der Waals surface area contributed by atoms with Gasteiger partial charge in [-0.15, -0.1) is 11.3 Å². The van der Waals surface area contributed by atoms with Crippen LogP contribution in [-0.2, 0) is 6.54 Å². The molecule has 2 heterocycles. The highest BCUT2D eigenvalue weighted by Gasteiger charge is 2.26. The Balaban J connectivity index is 1.61. The third-order valence-corrected chi connectivity index (χ3v) is 5.49. The van der Waals surface area contributed by atoms with Gasteiger partial charge >= 0.3 is 0 Å². The Morgan fingerprint density at radius 2 is 2.09 bits per heavy atom. The first-order chi connectivity index (χ1) is 10.6. The van der Waals surface area contributed by atoms with Crippen molar-refractivity contribution in [1.29, 1.82) is 0 Å². The molecule has 1 fully saturated rings. The topological polar surface area (TPSA) is 24.8 Å². The van der Waals surface area contributed by atoms with Crippen LogP contribution in [-0.4, -0.2) is 37.0 Å². The molecule has 1 amide bonds. The van der Waals surface area contributed by atoms with E-state index in [0.29, 0.717) is 23.1 Å². The molecule has 0 atom stereocenters. The first-order valence-electron chi connectivity index (χ1n) is 7.24. The fourth-order valence-electron chi connectivity index (χ4n) is 2.69. The average molecular weight is 384 g/mol. The normalized spacial score (nSPS) is 16.0. The monoisotopic (exact) mass is 383 g/mol. The van der Waals surface area contributed by atoms with Gasteiger partial charge in [0.2, 0.25) is 0 Å². The minimum absolute atomic E-state index is 0.0958. The number of hydrogen-bond acceptors (Lipinski definition) is 2. The van der Waals surface area contributed by atoms with Gasteiger partial charge < -0.3 is 9.80 Å². The van der Waals surface area contributed by atoms with Crippen molar-refractivity contribution >= 4 is 33.2 Å².